The van der Waals surface area contributed by atoms with E-state index < -0.39 is 11.9 Å². The molecule has 4 heteroatoms. The van der Waals surface area contributed by atoms with Gasteiger partial charge in [-0.05, 0) is 18.6 Å². The molecule has 2 nitrogen and oxygen atoms in total. The number of rotatable bonds is 3. The minimum Gasteiger partial charge on any atom is -0.477 e. The number of aryl methyl sites for hydroxylation is 1. The molecule has 0 aliphatic heterocycles. The molecular formula is C11H10F2O2. The zero-order valence-corrected chi connectivity index (χ0v) is 8.08. The van der Waals surface area contributed by atoms with E-state index in [9.17, 15) is 13.6 Å². The summed E-state index contributed by atoms with van der Waals surface area (Å²) in [6, 6.07) is 6.81. The fraction of sp³-hybridized carbons (Fsp3) is 0.182. The van der Waals surface area contributed by atoms with E-state index in [1.807, 2.05) is 6.92 Å². The van der Waals surface area contributed by atoms with Crippen molar-refractivity contribution < 1.29 is 18.7 Å². The molecule has 1 N–H and O–H groups in total. The van der Waals surface area contributed by atoms with Gasteiger partial charge in [0.2, 0.25) is 0 Å². The zero-order chi connectivity index (χ0) is 11.5. The number of carboxylic acids is 1. The summed E-state index contributed by atoms with van der Waals surface area (Å²) in [6.45, 7) is 1.87. The minimum atomic E-state index is -3.81. The van der Waals surface area contributed by atoms with Crippen LogP contribution >= 0.6 is 0 Å². The van der Waals surface area contributed by atoms with Crippen molar-refractivity contribution in [3.63, 3.8) is 0 Å². The van der Waals surface area contributed by atoms with E-state index >= 15 is 0 Å². The Morgan fingerprint density at radius 3 is 2.33 bits per heavy atom. The van der Waals surface area contributed by atoms with Crippen LogP contribution in [-0.4, -0.2) is 17.0 Å². The molecule has 0 aliphatic rings. The molecule has 0 spiro atoms. The summed E-state index contributed by atoms with van der Waals surface area (Å²) in [5.74, 6) is -5.96. The van der Waals surface area contributed by atoms with Crippen LogP contribution in [0.5, 0.6) is 0 Å². The number of benzene rings is 1. The smallest absolute Gasteiger partial charge is 0.378 e. The SMILES string of the molecule is Cc1ccc(/C=C/C(F)(F)C(=O)O)cc1. The summed E-state index contributed by atoms with van der Waals surface area (Å²) in [7, 11) is 0. The van der Waals surface area contributed by atoms with Crippen molar-refractivity contribution in [3.8, 4) is 0 Å². The van der Waals surface area contributed by atoms with E-state index in [1.54, 1.807) is 24.3 Å². The highest BCUT2D eigenvalue weighted by atomic mass is 19.3. The first-order valence-electron chi connectivity index (χ1n) is 4.29. The van der Waals surface area contributed by atoms with Crippen molar-refractivity contribution in [3.05, 3.63) is 41.5 Å². The van der Waals surface area contributed by atoms with Gasteiger partial charge in [-0.15, -0.1) is 0 Å². The lowest BCUT2D eigenvalue weighted by atomic mass is 10.1. The molecule has 1 aromatic carbocycles. The second-order valence-corrected chi connectivity index (χ2v) is 3.17. The third-order valence-electron chi connectivity index (χ3n) is 1.85. The van der Waals surface area contributed by atoms with Crippen molar-refractivity contribution in [2.45, 2.75) is 12.8 Å². The third-order valence-corrected chi connectivity index (χ3v) is 1.85. The second-order valence-electron chi connectivity index (χ2n) is 3.17. The van der Waals surface area contributed by atoms with E-state index in [4.69, 9.17) is 5.11 Å². The van der Waals surface area contributed by atoms with E-state index in [2.05, 4.69) is 0 Å². The van der Waals surface area contributed by atoms with Gasteiger partial charge >= 0.3 is 11.9 Å². The first-order chi connectivity index (χ1) is 6.92. The van der Waals surface area contributed by atoms with Gasteiger partial charge in [0.05, 0.1) is 0 Å². The lowest BCUT2D eigenvalue weighted by molar-refractivity contribution is -0.157. The lowest BCUT2D eigenvalue weighted by Crippen LogP contribution is -2.24. The normalized spacial score (nSPS) is 11.9. The number of carbonyl (C=O) groups is 1. The summed E-state index contributed by atoms with van der Waals surface area (Å²) in [5, 5.41) is 8.16. The molecule has 1 rings (SSSR count). The maximum atomic E-state index is 12.6. The Kier molecular flexibility index (Phi) is 3.19. The number of hydrogen-bond acceptors (Lipinski definition) is 1. The van der Waals surface area contributed by atoms with Gasteiger partial charge in [-0.1, -0.05) is 35.9 Å². The Morgan fingerprint density at radius 1 is 1.33 bits per heavy atom. The molecule has 0 aliphatic carbocycles. The summed E-state index contributed by atoms with van der Waals surface area (Å²) >= 11 is 0. The van der Waals surface area contributed by atoms with Crippen LogP contribution in [0.3, 0.4) is 0 Å². The van der Waals surface area contributed by atoms with Crippen LogP contribution in [0.25, 0.3) is 6.08 Å². The highest BCUT2D eigenvalue weighted by molar-refractivity contribution is 5.79. The highest BCUT2D eigenvalue weighted by Gasteiger charge is 2.35. The van der Waals surface area contributed by atoms with Crippen molar-refractivity contribution in [1.29, 1.82) is 0 Å². The standard InChI is InChI=1S/C11H10F2O2/c1-8-2-4-9(5-3-8)6-7-11(12,13)10(14)15/h2-7H,1H3,(H,14,15)/b7-6+. The first kappa shape index (κ1) is 11.4. The van der Waals surface area contributed by atoms with E-state index in [0.717, 1.165) is 11.6 Å². The van der Waals surface area contributed by atoms with Gasteiger partial charge in [-0.3, -0.25) is 0 Å². The van der Waals surface area contributed by atoms with E-state index in [1.165, 1.54) is 0 Å². The van der Waals surface area contributed by atoms with Crippen LogP contribution in [0.1, 0.15) is 11.1 Å². The molecule has 0 unspecified atom stereocenters. The van der Waals surface area contributed by atoms with E-state index in [0.29, 0.717) is 11.6 Å². The second kappa shape index (κ2) is 4.21. The largest absolute Gasteiger partial charge is 0.477 e. The van der Waals surface area contributed by atoms with Gasteiger partial charge in [0.25, 0.3) is 0 Å². The van der Waals surface area contributed by atoms with Gasteiger partial charge < -0.3 is 5.11 Å². The van der Waals surface area contributed by atoms with Crippen LogP contribution < -0.4 is 0 Å². The van der Waals surface area contributed by atoms with Crippen LogP contribution in [-0.2, 0) is 4.79 Å². The van der Waals surface area contributed by atoms with Gasteiger partial charge in [0, 0.05) is 0 Å². The van der Waals surface area contributed by atoms with Crippen molar-refractivity contribution >= 4 is 12.0 Å². The molecule has 0 aromatic heterocycles. The average Bonchev–Trinajstić information content (AvgIpc) is 2.17. The molecule has 0 amide bonds. The molecule has 0 atom stereocenters. The summed E-state index contributed by atoms with van der Waals surface area (Å²) in [6.07, 6.45) is 1.47. The Labute approximate surface area is 85.9 Å². The fourth-order valence-electron chi connectivity index (χ4n) is 0.950. The van der Waals surface area contributed by atoms with Crippen LogP contribution in [0.4, 0.5) is 8.78 Å². The highest BCUT2D eigenvalue weighted by Crippen LogP contribution is 2.17. The molecule has 0 bridgehead atoms. The Morgan fingerprint density at radius 2 is 1.87 bits per heavy atom. The van der Waals surface area contributed by atoms with Gasteiger partial charge in [0.1, 0.15) is 0 Å². The Balaban J connectivity index is 2.82. The summed E-state index contributed by atoms with van der Waals surface area (Å²) in [4.78, 5) is 10.1. The molecule has 0 radical (unpaired) electrons. The minimum absolute atomic E-state index is 0.375. The lowest BCUT2D eigenvalue weighted by Gasteiger charge is -2.04. The third kappa shape index (κ3) is 3.16. The number of aliphatic carboxylic acids is 1. The summed E-state index contributed by atoms with van der Waals surface area (Å²) in [5.41, 5.74) is 1.55. The number of halogens is 2. The first-order valence-corrected chi connectivity index (χ1v) is 4.29. The maximum absolute atomic E-state index is 12.6. The van der Waals surface area contributed by atoms with Crippen molar-refractivity contribution in [2.75, 3.05) is 0 Å². The maximum Gasteiger partial charge on any atom is 0.378 e. The van der Waals surface area contributed by atoms with E-state index in [-0.39, 0.29) is 0 Å². The number of alkyl halides is 2. The molecule has 0 heterocycles. The molecule has 0 fully saturated rings. The van der Waals surface area contributed by atoms with Crippen molar-refractivity contribution in [2.24, 2.45) is 0 Å². The van der Waals surface area contributed by atoms with Crippen LogP contribution in [0.15, 0.2) is 30.3 Å². The average molecular weight is 212 g/mol. The van der Waals surface area contributed by atoms with Gasteiger partial charge in [-0.2, -0.15) is 8.78 Å². The Hall–Kier alpha value is -1.71. The quantitative estimate of drug-likeness (QED) is 0.836. The summed E-state index contributed by atoms with van der Waals surface area (Å²) < 4.78 is 25.2. The number of carboxylic acid groups (broad SMARTS) is 1. The molecule has 80 valence electrons. The fourth-order valence-corrected chi connectivity index (χ4v) is 0.950. The molecular weight excluding hydrogens is 202 g/mol. The molecule has 15 heavy (non-hydrogen) atoms. The van der Waals surface area contributed by atoms with Crippen molar-refractivity contribution in [1.82, 2.24) is 0 Å². The predicted molar refractivity (Wildman–Crippen MR) is 52.8 cm³/mol. The zero-order valence-electron chi connectivity index (χ0n) is 8.08. The van der Waals surface area contributed by atoms with Gasteiger partial charge in [-0.25, -0.2) is 4.79 Å². The van der Waals surface area contributed by atoms with Crippen LogP contribution in [0, 0.1) is 6.92 Å². The monoisotopic (exact) mass is 212 g/mol. The molecule has 1 aromatic rings. The van der Waals surface area contributed by atoms with Gasteiger partial charge in [0.15, 0.2) is 0 Å². The molecule has 0 saturated carbocycles. The topological polar surface area (TPSA) is 37.3 Å². The number of hydrogen-bond donors (Lipinski definition) is 1. The predicted octanol–water partition coefficient (Wildman–Crippen LogP) is 2.73. The van der Waals surface area contributed by atoms with Crippen LogP contribution in [0.2, 0.25) is 0 Å². The molecule has 0 saturated heterocycles. The Bertz CT molecular complexity index is 380.